The summed E-state index contributed by atoms with van der Waals surface area (Å²) < 4.78 is 6.76. The van der Waals surface area contributed by atoms with Crippen molar-refractivity contribution < 1.29 is 14.6 Å². The number of anilines is 1. The predicted octanol–water partition coefficient (Wildman–Crippen LogP) is 3.88. The molecular weight excluding hydrogens is 454 g/mol. The second-order valence-electron chi connectivity index (χ2n) is 4.94. The summed E-state index contributed by atoms with van der Waals surface area (Å²) in [7, 11) is 0. The molecule has 0 aliphatic heterocycles. The van der Waals surface area contributed by atoms with Crippen LogP contribution >= 0.6 is 31.9 Å². The van der Waals surface area contributed by atoms with E-state index >= 15 is 0 Å². The van der Waals surface area contributed by atoms with Gasteiger partial charge in [-0.2, -0.15) is 5.10 Å². The number of nitrogens with one attached hydrogen (secondary N) is 2. The third-order valence-corrected chi connectivity index (χ3v) is 4.13. The first-order valence-corrected chi connectivity index (χ1v) is 9.05. The number of ether oxygens (including phenoxy) is 1. The number of hydrogen-bond donors (Lipinski definition) is 3. The number of carbonyl (C=O) groups excluding carboxylic acids is 1. The summed E-state index contributed by atoms with van der Waals surface area (Å²) in [4.78, 5) is 11.8. The Labute approximate surface area is 162 Å². The summed E-state index contributed by atoms with van der Waals surface area (Å²) in [5.41, 5.74) is 3.94. The highest BCUT2D eigenvalue weighted by molar-refractivity contribution is 9.10. The monoisotopic (exact) mass is 469 g/mol. The van der Waals surface area contributed by atoms with Crippen LogP contribution in [0.2, 0.25) is 0 Å². The number of carbonyl (C=O) groups is 1. The van der Waals surface area contributed by atoms with Gasteiger partial charge in [0, 0.05) is 10.2 Å². The van der Waals surface area contributed by atoms with Gasteiger partial charge in [0.25, 0.3) is 5.91 Å². The Balaban J connectivity index is 1.90. The number of phenolic OH excluding ortho intramolecular Hbond substituents is 1. The minimum absolute atomic E-state index is 0.0289. The second-order valence-corrected chi connectivity index (χ2v) is 6.71. The number of halogens is 2. The van der Waals surface area contributed by atoms with Crippen LogP contribution in [0.1, 0.15) is 12.5 Å². The van der Waals surface area contributed by atoms with Crippen molar-refractivity contribution in [1.82, 2.24) is 5.43 Å². The highest BCUT2D eigenvalue weighted by Gasteiger charge is 2.08. The molecule has 0 heterocycles. The molecule has 0 saturated carbocycles. The van der Waals surface area contributed by atoms with Crippen molar-refractivity contribution in [3.8, 4) is 11.5 Å². The molecule has 6 nitrogen and oxygen atoms in total. The van der Waals surface area contributed by atoms with Gasteiger partial charge in [0.2, 0.25) is 0 Å². The standard InChI is InChI=1S/C17H17Br2N3O3/c1-2-25-15-7-11(6-14(19)17(15)24)9-21-22-16(23)10-20-13-5-3-4-12(18)8-13/h3-9,20,24H,2,10H2,1H3,(H,22,23). The minimum Gasteiger partial charge on any atom is -0.503 e. The van der Waals surface area contributed by atoms with Gasteiger partial charge >= 0.3 is 0 Å². The highest BCUT2D eigenvalue weighted by Crippen LogP contribution is 2.35. The fraction of sp³-hybridized carbons (Fsp3) is 0.176. The number of phenols is 1. The van der Waals surface area contributed by atoms with Gasteiger partial charge in [0.1, 0.15) is 0 Å². The van der Waals surface area contributed by atoms with Crippen LogP contribution in [0.25, 0.3) is 0 Å². The molecule has 0 fully saturated rings. The van der Waals surface area contributed by atoms with Crippen LogP contribution in [0.3, 0.4) is 0 Å². The van der Waals surface area contributed by atoms with Gasteiger partial charge in [-0.05, 0) is 58.7 Å². The number of aromatic hydroxyl groups is 1. The third-order valence-electron chi connectivity index (χ3n) is 3.03. The van der Waals surface area contributed by atoms with Crippen molar-refractivity contribution in [3.05, 3.63) is 50.9 Å². The van der Waals surface area contributed by atoms with Crippen LogP contribution in [0, 0.1) is 0 Å². The number of rotatable bonds is 7. The van der Waals surface area contributed by atoms with Crippen LogP contribution in [-0.4, -0.2) is 30.4 Å². The molecule has 2 aromatic rings. The summed E-state index contributed by atoms with van der Waals surface area (Å²) in [5, 5.41) is 16.8. The molecule has 2 aromatic carbocycles. The van der Waals surface area contributed by atoms with E-state index in [1.165, 1.54) is 6.21 Å². The molecule has 0 spiro atoms. The van der Waals surface area contributed by atoms with E-state index in [2.05, 4.69) is 47.7 Å². The zero-order valence-electron chi connectivity index (χ0n) is 13.4. The van der Waals surface area contributed by atoms with E-state index < -0.39 is 0 Å². The van der Waals surface area contributed by atoms with Crippen molar-refractivity contribution in [2.75, 3.05) is 18.5 Å². The van der Waals surface area contributed by atoms with Gasteiger partial charge in [-0.3, -0.25) is 4.79 Å². The maximum Gasteiger partial charge on any atom is 0.259 e. The molecule has 25 heavy (non-hydrogen) atoms. The normalized spacial score (nSPS) is 10.7. The SMILES string of the molecule is CCOc1cc(C=NNC(=O)CNc2cccc(Br)c2)cc(Br)c1O. The topological polar surface area (TPSA) is 83.0 Å². The molecule has 0 unspecified atom stereocenters. The summed E-state index contributed by atoms with van der Waals surface area (Å²) in [6.45, 7) is 2.35. The minimum atomic E-state index is -0.279. The molecule has 0 radical (unpaired) electrons. The quantitative estimate of drug-likeness (QED) is 0.423. The molecular formula is C17H17Br2N3O3. The van der Waals surface area contributed by atoms with Gasteiger partial charge in [-0.15, -0.1) is 0 Å². The molecule has 0 aliphatic carbocycles. The Bertz CT molecular complexity index is 782. The summed E-state index contributed by atoms with van der Waals surface area (Å²) in [6.07, 6.45) is 1.48. The lowest BCUT2D eigenvalue weighted by atomic mass is 10.2. The molecule has 8 heteroatoms. The second kappa shape index (κ2) is 9.43. The van der Waals surface area contributed by atoms with Gasteiger partial charge in [-0.25, -0.2) is 5.43 Å². The zero-order chi connectivity index (χ0) is 18.2. The Morgan fingerprint density at radius 1 is 1.32 bits per heavy atom. The Morgan fingerprint density at radius 3 is 2.84 bits per heavy atom. The highest BCUT2D eigenvalue weighted by atomic mass is 79.9. The van der Waals surface area contributed by atoms with E-state index in [0.29, 0.717) is 22.4 Å². The number of nitrogens with zero attached hydrogens (tertiary/aromatic N) is 1. The largest absolute Gasteiger partial charge is 0.503 e. The number of hydrazone groups is 1. The number of benzene rings is 2. The maximum atomic E-state index is 11.8. The molecule has 0 aliphatic rings. The molecule has 0 aromatic heterocycles. The molecule has 2 rings (SSSR count). The first-order valence-electron chi connectivity index (χ1n) is 7.46. The van der Waals surface area contributed by atoms with E-state index in [1.807, 2.05) is 31.2 Å². The van der Waals surface area contributed by atoms with Crippen molar-refractivity contribution >= 4 is 49.7 Å². The Hall–Kier alpha value is -2.06. The predicted molar refractivity (Wildman–Crippen MR) is 105 cm³/mol. The van der Waals surface area contributed by atoms with Crippen LogP contribution in [-0.2, 0) is 4.79 Å². The van der Waals surface area contributed by atoms with Crippen molar-refractivity contribution in [2.24, 2.45) is 5.10 Å². The Kier molecular flexibility index (Phi) is 7.27. The summed E-state index contributed by atoms with van der Waals surface area (Å²) in [5.74, 6) is 0.0985. The molecule has 3 N–H and O–H groups in total. The van der Waals surface area contributed by atoms with Crippen LogP contribution in [0.4, 0.5) is 5.69 Å². The average Bonchev–Trinajstić information content (AvgIpc) is 2.58. The molecule has 132 valence electrons. The van der Waals surface area contributed by atoms with Gasteiger partial charge in [0.05, 0.1) is 23.8 Å². The first kappa shape index (κ1) is 19.3. The van der Waals surface area contributed by atoms with E-state index in [1.54, 1.807) is 12.1 Å². The average molecular weight is 471 g/mol. The Morgan fingerprint density at radius 2 is 2.12 bits per heavy atom. The third kappa shape index (κ3) is 6.06. The van der Waals surface area contributed by atoms with Crippen LogP contribution in [0.15, 0.2) is 50.4 Å². The summed E-state index contributed by atoms with van der Waals surface area (Å²) >= 11 is 6.62. The number of hydrogen-bond acceptors (Lipinski definition) is 5. The van der Waals surface area contributed by atoms with Crippen molar-refractivity contribution in [1.29, 1.82) is 0 Å². The maximum absolute atomic E-state index is 11.8. The van der Waals surface area contributed by atoms with Crippen molar-refractivity contribution in [2.45, 2.75) is 6.92 Å². The first-order chi connectivity index (χ1) is 12.0. The van der Waals surface area contributed by atoms with Gasteiger partial charge < -0.3 is 15.2 Å². The van der Waals surface area contributed by atoms with Crippen molar-refractivity contribution in [3.63, 3.8) is 0 Å². The van der Waals surface area contributed by atoms with E-state index in [4.69, 9.17) is 4.74 Å². The molecule has 0 saturated heterocycles. The fourth-order valence-corrected chi connectivity index (χ4v) is 2.79. The fourth-order valence-electron chi connectivity index (χ4n) is 1.93. The smallest absolute Gasteiger partial charge is 0.259 e. The molecule has 0 atom stereocenters. The summed E-state index contributed by atoms with van der Waals surface area (Å²) in [6, 6.07) is 10.8. The lowest BCUT2D eigenvalue weighted by molar-refractivity contribution is -0.119. The molecule has 1 amide bonds. The van der Waals surface area contributed by atoms with E-state index in [9.17, 15) is 9.90 Å². The van der Waals surface area contributed by atoms with E-state index in [0.717, 1.165) is 10.2 Å². The number of amides is 1. The lowest BCUT2D eigenvalue weighted by Gasteiger charge is -2.08. The van der Waals surface area contributed by atoms with Crippen LogP contribution < -0.4 is 15.5 Å². The van der Waals surface area contributed by atoms with Gasteiger partial charge in [-0.1, -0.05) is 22.0 Å². The lowest BCUT2D eigenvalue weighted by Crippen LogP contribution is -2.25. The van der Waals surface area contributed by atoms with Gasteiger partial charge in [0.15, 0.2) is 11.5 Å². The molecule has 0 bridgehead atoms. The van der Waals surface area contributed by atoms with Crippen LogP contribution in [0.5, 0.6) is 11.5 Å². The zero-order valence-corrected chi connectivity index (χ0v) is 16.6. The van der Waals surface area contributed by atoms with E-state index in [-0.39, 0.29) is 18.2 Å².